The first kappa shape index (κ1) is 24.0. The molecule has 14 heteroatoms. The normalized spacial score (nSPS) is 18.3. The maximum Gasteiger partial charge on any atom is 0.243 e. The Morgan fingerprint density at radius 2 is 1.97 bits per heavy atom. The minimum absolute atomic E-state index is 0.00728. The molecule has 2 aromatic rings. The summed E-state index contributed by atoms with van der Waals surface area (Å²) in [5.41, 5.74) is -0.550. The largest absolute Gasteiger partial charge is 0.346 e. The lowest BCUT2D eigenvalue weighted by molar-refractivity contribution is -0.123. The van der Waals surface area contributed by atoms with Crippen LogP contribution in [0.15, 0.2) is 17.3 Å². The van der Waals surface area contributed by atoms with Crippen LogP contribution in [0.3, 0.4) is 0 Å². The Balaban J connectivity index is 1.53. The van der Waals surface area contributed by atoms with Crippen LogP contribution in [0.5, 0.6) is 0 Å². The number of sulfone groups is 1. The molecule has 2 N–H and O–H groups in total. The molecule has 2 heterocycles. The first-order valence-electron chi connectivity index (χ1n) is 9.46. The fourth-order valence-electron chi connectivity index (χ4n) is 3.12. The lowest BCUT2D eigenvalue weighted by Crippen LogP contribution is -2.37. The zero-order valence-electron chi connectivity index (χ0n) is 17.1. The lowest BCUT2D eigenvalue weighted by atomic mass is 10.1. The molecule has 9 nitrogen and oxygen atoms in total. The molecule has 0 unspecified atom stereocenters. The van der Waals surface area contributed by atoms with E-state index in [9.17, 15) is 31.2 Å². The standard InChI is InChI=1S/C18H20F3N5O4S2/c1-9(31-18-25-24-16(26(18)2)10-5-6-32(29,30)8-10)17(28)22-7-13(27)23-12-4-3-11(19)14(20)15(12)21/h3-4,9-10H,5-8H2,1-2H3,(H,22,28)(H,23,27)/t9-,10+/m0/s1. The summed E-state index contributed by atoms with van der Waals surface area (Å²) < 4.78 is 64.8. The van der Waals surface area contributed by atoms with Crippen LogP contribution in [0.2, 0.25) is 0 Å². The van der Waals surface area contributed by atoms with Crippen molar-refractivity contribution in [3.8, 4) is 0 Å². The average Bonchev–Trinajstić information content (AvgIpc) is 3.28. The minimum Gasteiger partial charge on any atom is -0.346 e. The van der Waals surface area contributed by atoms with E-state index in [1.165, 1.54) is 0 Å². The van der Waals surface area contributed by atoms with Gasteiger partial charge in [-0.2, -0.15) is 0 Å². The molecule has 0 bridgehead atoms. The predicted molar refractivity (Wildman–Crippen MR) is 110 cm³/mol. The molecule has 0 spiro atoms. The third-order valence-corrected chi connectivity index (χ3v) is 7.75. The van der Waals surface area contributed by atoms with Crippen LogP contribution in [0.1, 0.15) is 25.1 Å². The van der Waals surface area contributed by atoms with Crippen LogP contribution >= 0.6 is 11.8 Å². The summed E-state index contributed by atoms with van der Waals surface area (Å²) in [6.45, 7) is 1.05. The summed E-state index contributed by atoms with van der Waals surface area (Å²) in [5, 5.41) is 12.2. The van der Waals surface area contributed by atoms with Gasteiger partial charge in [0.15, 0.2) is 32.4 Å². The molecule has 0 aliphatic carbocycles. The number of aromatic nitrogens is 3. The van der Waals surface area contributed by atoms with Crippen molar-refractivity contribution in [2.45, 2.75) is 29.7 Å². The van der Waals surface area contributed by atoms with Crippen molar-refractivity contribution in [3.05, 3.63) is 35.4 Å². The number of carbonyl (C=O) groups is 2. The van der Waals surface area contributed by atoms with Crippen LogP contribution in [0.4, 0.5) is 18.9 Å². The van der Waals surface area contributed by atoms with Crippen molar-refractivity contribution in [2.75, 3.05) is 23.4 Å². The summed E-state index contributed by atoms with van der Waals surface area (Å²) in [6, 6.07) is 1.54. The molecule has 2 atom stereocenters. The van der Waals surface area contributed by atoms with Crippen molar-refractivity contribution in [1.29, 1.82) is 0 Å². The Bertz CT molecular complexity index is 1160. The molecule has 0 saturated carbocycles. The van der Waals surface area contributed by atoms with Gasteiger partial charge in [-0.05, 0) is 25.5 Å². The minimum atomic E-state index is -3.09. The lowest BCUT2D eigenvalue weighted by Gasteiger charge is -2.13. The average molecular weight is 492 g/mol. The SMILES string of the molecule is C[C@H](Sc1nnc([C@@H]2CCS(=O)(=O)C2)n1C)C(=O)NCC(=O)Nc1ccc(F)c(F)c1F. The monoisotopic (exact) mass is 491 g/mol. The number of halogens is 3. The second-order valence-electron chi connectivity index (χ2n) is 7.25. The number of amides is 2. The molecular formula is C18H20F3N5O4S2. The van der Waals surface area contributed by atoms with Gasteiger partial charge in [-0.3, -0.25) is 9.59 Å². The van der Waals surface area contributed by atoms with E-state index < -0.39 is 56.6 Å². The van der Waals surface area contributed by atoms with Crippen molar-refractivity contribution < 1.29 is 31.2 Å². The van der Waals surface area contributed by atoms with E-state index in [4.69, 9.17) is 0 Å². The van der Waals surface area contributed by atoms with Gasteiger partial charge < -0.3 is 15.2 Å². The van der Waals surface area contributed by atoms with Gasteiger partial charge in [-0.25, -0.2) is 21.6 Å². The number of nitrogens with one attached hydrogen (secondary N) is 2. The van der Waals surface area contributed by atoms with E-state index in [1.807, 2.05) is 0 Å². The van der Waals surface area contributed by atoms with Crippen molar-refractivity contribution in [3.63, 3.8) is 0 Å². The first-order chi connectivity index (χ1) is 15.0. The van der Waals surface area contributed by atoms with E-state index in [1.54, 1.807) is 18.5 Å². The number of rotatable bonds is 7. The van der Waals surface area contributed by atoms with Crippen LogP contribution in [0.25, 0.3) is 0 Å². The van der Waals surface area contributed by atoms with E-state index in [0.717, 1.165) is 17.8 Å². The van der Waals surface area contributed by atoms with Gasteiger partial charge in [0.2, 0.25) is 11.8 Å². The predicted octanol–water partition coefficient (Wildman–Crippen LogP) is 1.37. The van der Waals surface area contributed by atoms with E-state index in [0.29, 0.717) is 23.5 Å². The van der Waals surface area contributed by atoms with Gasteiger partial charge in [0.1, 0.15) is 5.82 Å². The molecule has 1 aromatic carbocycles. The second kappa shape index (κ2) is 9.48. The Kier molecular flexibility index (Phi) is 7.12. The maximum absolute atomic E-state index is 13.6. The zero-order valence-corrected chi connectivity index (χ0v) is 18.7. The number of anilines is 1. The molecule has 1 aromatic heterocycles. The van der Waals surface area contributed by atoms with Gasteiger partial charge in [0.25, 0.3) is 0 Å². The van der Waals surface area contributed by atoms with Gasteiger partial charge in [-0.1, -0.05) is 11.8 Å². The quantitative estimate of drug-likeness (QED) is 0.443. The summed E-state index contributed by atoms with van der Waals surface area (Å²) >= 11 is 1.06. The maximum atomic E-state index is 13.6. The smallest absolute Gasteiger partial charge is 0.243 e. The topological polar surface area (TPSA) is 123 Å². The van der Waals surface area contributed by atoms with Crippen LogP contribution < -0.4 is 10.6 Å². The number of carbonyl (C=O) groups excluding carboxylic acids is 2. The zero-order chi connectivity index (χ0) is 23.6. The van der Waals surface area contributed by atoms with Crippen LogP contribution in [-0.2, 0) is 26.5 Å². The number of thioether (sulfide) groups is 1. The van der Waals surface area contributed by atoms with E-state index in [2.05, 4.69) is 20.8 Å². The van der Waals surface area contributed by atoms with Gasteiger partial charge in [0.05, 0.1) is 29.0 Å². The van der Waals surface area contributed by atoms with Crippen molar-refractivity contribution in [1.82, 2.24) is 20.1 Å². The molecule has 3 rings (SSSR count). The molecule has 32 heavy (non-hydrogen) atoms. The molecule has 174 valence electrons. The van der Waals surface area contributed by atoms with Crippen molar-refractivity contribution in [2.24, 2.45) is 7.05 Å². The van der Waals surface area contributed by atoms with Crippen LogP contribution in [0, 0.1) is 17.5 Å². The number of hydrogen-bond acceptors (Lipinski definition) is 7. The summed E-state index contributed by atoms with van der Waals surface area (Å²) in [5.74, 6) is -5.62. The number of nitrogens with zero attached hydrogens (tertiary/aromatic N) is 3. The first-order valence-corrected chi connectivity index (χ1v) is 12.2. The second-order valence-corrected chi connectivity index (χ2v) is 10.8. The van der Waals surface area contributed by atoms with E-state index in [-0.39, 0.29) is 17.4 Å². The Morgan fingerprint density at radius 1 is 1.25 bits per heavy atom. The molecule has 1 aliphatic rings. The molecule has 1 saturated heterocycles. The van der Waals surface area contributed by atoms with Gasteiger partial charge >= 0.3 is 0 Å². The highest BCUT2D eigenvalue weighted by Crippen LogP contribution is 2.30. The Morgan fingerprint density at radius 3 is 2.62 bits per heavy atom. The highest BCUT2D eigenvalue weighted by Gasteiger charge is 2.33. The third kappa shape index (κ3) is 5.41. The Labute approximate surface area is 186 Å². The summed E-state index contributed by atoms with van der Waals surface area (Å²) in [7, 11) is -1.41. The highest BCUT2D eigenvalue weighted by molar-refractivity contribution is 8.00. The molecule has 2 amide bonds. The van der Waals surface area contributed by atoms with Gasteiger partial charge in [0, 0.05) is 13.0 Å². The summed E-state index contributed by atoms with van der Waals surface area (Å²) in [6.07, 6.45) is 0.461. The Hall–Kier alpha value is -2.61. The van der Waals surface area contributed by atoms with Gasteiger partial charge in [-0.15, -0.1) is 10.2 Å². The van der Waals surface area contributed by atoms with Crippen molar-refractivity contribution >= 4 is 39.1 Å². The molecular weight excluding hydrogens is 471 g/mol. The molecule has 1 fully saturated rings. The molecule has 1 aliphatic heterocycles. The third-order valence-electron chi connectivity index (χ3n) is 4.85. The fourth-order valence-corrected chi connectivity index (χ4v) is 5.71. The van der Waals surface area contributed by atoms with Crippen LogP contribution in [-0.4, -0.2) is 58.3 Å². The highest BCUT2D eigenvalue weighted by atomic mass is 32.2. The number of hydrogen-bond donors (Lipinski definition) is 2. The molecule has 0 radical (unpaired) electrons. The van der Waals surface area contributed by atoms with E-state index >= 15 is 0 Å². The summed E-state index contributed by atoms with van der Waals surface area (Å²) in [4.78, 5) is 24.2. The number of benzene rings is 1. The fraction of sp³-hybridized carbons (Fsp3) is 0.444.